The summed E-state index contributed by atoms with van der Waals surface area (Å²) in [5.41, 5.74) is 2.48. The van der Waals surface area contributed by atoms with Crippen LogP contribution in [0.4, 0.5) is 0 Å². The molecule has 0 atom stereocenters. The van der Waals surface area contributed by atoms with Gasteiger partial charge in [-0.1, -0.05) is 43.5 Å². The van der Waals surface area contributed by atoms with E-state index in [1.54, 1.807) is 0 Å². The zero-order chi connectivity index (χ0) is 11.7. The van der Waals surface area contributed by atoms with Gasteiger partial charge in [0.2, 0.25) is 0 Å². The highest BCUT2D eigenvalue weighted by atomic mass is 16.1. The van der Waals surface area contributed by atoms with Gasteiger partial charge in [0.15, 0.2) is 5.78 Å². The molecule has 17 heavy (non-hydrogen) atoms. The van der Waals surface area contributed by atoms with E-state index in [-0.39, 0.29) is 11.2 Å². The first kappa shape index (κ1) is 11.0. The van der Waals surface area contributed by atoms with E-state index in [0.29, 0.717) is 6.54 Å². The molecule has 1 heterocycles. The molecule has 0 amide bonds. The molecule has 2 aliphatic rings. The number of carbonyl (C=O) groups is 1. The van der Waals surface area contributed by atoms with Gasteiger partial charge in [0.05, 0.1) is 6.54 Å². The molecular weight excluding hydrogens is 210 g/mol. The summed E-state index contributed by atoms with van der Waals surface area (Å²) in [4.78, 5) is 12.1. The van der Waals surface area contributed by atoms with Gasteiger partial charge in [-0.05, 0) is 18.4 Å². The first-order chi connectivity index (χ1) is 8.32. The first-order valence-corrected chi connectivity index (χ1v) is 6.65. The minimum absolute atomic E-state index is 0.223. The Balaban J connectivity index is 2.10. The Bertz CT molecular complexity index is 432. The van der Waals surface area contributed by atoms with Crippen LogP contribution in [0.3, 0.4) is 0 Å². The Morgan fingerprint density at radius 2 is 1.82 bits per heavy atom. The van der Waals surface area contributed by atoms with Gasteiger partial charge in [0.25, 0.3) is 0 Å². The number of rotatable bonds is 0. The molecule has 1 saturated carbocycles. The third-order valence-corrected chi connectivity index (χ3v) is 4.36. The molecule has 0 saturated heterocycles. The van der Waals surface area contributed by atoms with Crippen molar-refractivity contribution < 1.29 is 4.79 Å². The number of hydrogen-bond donors (Lipinski definition) is 1. The lowest BCUT2D eigenvalue weighted by molar-refractivity contribution is 0.0994. The number of fused-ring (bicyclic) bond motifs is 2. The number of Topliss-reactive ketones (excluding diaryl/α,β-unsaturated/α-hetero) is 1. The molecule has 1 aromatic carbocycles. The van der Waals surface area contributed by atoms with E-state index in [1.807, 2.05) is 12.1 Å². The Morgan fingerprint density at radius 1 is 1.06 bits per heavy atom. The highest BCUT2D eigenvalue weighted by molar-refractivity contribution is 5.99. The van der Waals surface area contributed by atoms with E-state index in [0.717, 1.165) is 12.1 Å². The van der Waals surface area contributed by atoms with Crippen molar-refractivity contribution >= 4 is 5.78 Å². The molecule has 1 fully saturated rings. The molecule has 90 valence electrons. The van der Waals surface area contributed by atoms with E-state index in [1.165, 1.54) is 37.7 Å². The van der Waals surface area contributed by atoms with Gasteiger partial charge in [-0.15, -0.1) is 0 Å². The molecule has 0 bridgehead atoms. The van der Waals surface area contributed by atoms with E-state index in [9.17, 15) is 4.79 Å². The standard InChI is InChI=1S/C15H19NO/c17-14-10-16-11-15(8-4-1-5-9-15)13-7-3-2-6-12(13)14/h2-3,6-7,16H,1,4-5,8-11H2. The quantitative estimate of drug-likeness (QED) is 0.741. The third-order valence-electron chi connectivity index (χ3n) is 4.36. The molecule has 0 radical (unpaired) electrons. The second kappa shape index (κ2) is 4.26. The van der Waals surface area contributed by atoms with Crippen LogP contribution in [0.2, 0.25) is 0 Å². The molecule has 2 nitrogen and oxygen atoms in total. The largest absolute Gasteiger partial charge is 0.309 e. The van der Waals surface area contributed by atoms with Crippen molar-refractivity contribution in [2.45, 2.75) is 37.5 Å². The van der Waals surface area contributed by atoms with Gasteiger partial charge < -0.3 is 5.32 Å². The monoisotopic (exact) mass is 229 g/mol. The van der Waals surface area contributed by atoms with Gasteiger partial charge in [0, 0.05) is 17.5 Å². The maximum absolute atomic E-state index is 12.1. The second-order valence-electron chi connectivity index (χ2n) is 5.41. The van der Waals surface area contributed by atoms with Crippen LogP contribution in [0.1, 0.15) is 48.0 Å². The van der Waals surface area contributed by atoms with Crippen LogP contribution in [0.5, 0.6) is 0 Å². The first-order valence-electron chi connectivity index (χ1n) is 6.65. The molecule has 0 aromatic heterocycles. The number of ketones is 1. The van der Waals surface area contributed by atoms with E-state index < -0.39 is 0 Å². The topological polar surface area (TPSA) is 29.1 Å². The summed E-state index contributed by atoms with van der Waals surface area (Å²) in [6.45, 7) is 1.47. The van der Waals surface area contributed by atoms with Crippen LogP contribution in [-0.4, -0.2) is 18.9 Å². The van der Waals surface area contributed by atoms with Crippen LogP contribution >= 0.6 is 0 Å². The predicted molar refractivity (Wildman–Crippen MR) is 68.4 cm³/mol. The van der Waals surface area contributed by atoms with Crippen LogP contribution in [0.25, 0.3) is 0 Å². The van der Waals surface area contributed by atoms with Crippen molar-refractivity contribution in [1.29, 1.82) is 0 Å². The normalized spacial score (nSPS) is 23.2. The van der Waals surface area contributed by atoms with Gasteiger partial charge >= 0.3 is 0 Å². The lowest BCUT2D eigenvalue weighted by atomic mass is 9.68. The maximum Gasteiger partial charge on any atom is 0.176 e. The van der Waals surface area contributed by atoms with Gasteiger partial charge in [-0.25, -0.2) is 0 Å². The fourth-order valence-electron chi connectivity index (χ4n) is 3.47. The minimum Gasteiger partial charge on any atom is -0.309 e. The molecule has 1 aliphatic heterocycles. The summed E-state index contributed by atoms with van der Waals surface area (Å²) in [5.74, 6) is 0.253. The fraction of sp³-hybridized carbons (Fsp3) is 0.533. The van der Waals surface area contributed by atoms with Gasteiger partial charge in [-0.2, -0.15) is 0 Å². The summed E-state index contributed by atoms with van der Waals surface area (Å²) in [7, 11) is 0. The van der Waals surface area contributed by atoms with Crippen molar-refractivity contribution in [3.63, 3.8) is 0 Å². The summed E-state index contributed by atoms with van der Waals surface area (Å²) in [6, 6.07) is 8.24. The molecule has 0 unspecified atom stereocenters. The molecule has 1 aliphatic carbocycles. The SMILES string of the molecule is O=C1CNCC2(CCCCC2)c2ccccc21. The number of benzene rings is 1. The Hall–Kier alpha value is -1.15. The third kappa shape index (κ3) is 1.81. The van der Waals surface area contributed by atoms with E-state index >= 15 is 0 Å². The van der Waals surface area contributed by atoms with E-state index in [4.69, 9.17) is 0 Å². The zero-order valence-corrected chi connectivity index (χ0v) is 10.2. The van der Waals surface area contributed by atoms with Crippen molar-refractivity contribution in [2.75, 3.05) is 13.1 Å². The Kier molecular flexibility index (Phi) is 2.75. The van der Waals surface area contributed by atoms with Crippen LogP contribution in [0, 0.1) is 0 Å². The smallest absolute Gasteiger partial charge is 0.176 e. The highest BCUT2D eigenvalue weighted by Crippen LogP contribution is 2.41. The van der Waals surface area contributed by atoms with Crippen LogP contribution in [-0.2, 0) is 5.41 Å². The van der Waals surface area contributed by atoms with Crippen LogP contribution in [0.15, 0.2) is 24.3 Å². The lowest BCUT2D eigenvalue weighted by Gasteiger charge is -2.37. The summed E-state index contributed by atoms with van der Waals surface area (Å²) >= 11 is 0. The van der Waals surface area contributed by atoms with Crippen LogP contribution < -0.4 is 5.32 Å². The van der Waals surface area contributed by atoms with Crippen molar-refractivity contribution in [3.05, 3.63) is 35.4 Å². The van der Waals surface area contributed by atoms with Gasteiger partial charge in [0.1, 0.15) is 0 Å². The summed E-state index contributed by atoms with van der Waals surface area (Å²) < 4.78 is 0. The Morgan fingerprint density at radius 3 is 2.65 bits per heavy atom. The molecule has 1 aromatic rings. The highest BCUT2D eigenvalue weighted by Gasteiger charge is 2.37. The Labute approximate surface area is 102 Å². The predicted octanol–water partition coefficient (Wildman–Crippen LogP) is 2.67. The average Bonchev–Trinajstić information content (AvgIpc) is 2.51. The van der Waals surface area contributed by atoms with E-state index in [2.05, 4.69) is 17.4 Å². The molecule has 1 N–H and O–H groups in total. The molecule has 2 heteroatoms. The minimum atomic E-state index is 0.223. The van der Waals surface area contributed by atoms with Crippen molar-refractivity contribution in [3.8, 4) is 0 Å². The van der Waals surface area contributed by atoms with Gasteiger partial charge in [-0.3, -0.25) is 4.79 Å². The summed E-state index contributed by atoms with van der Waals surface area (Å²) in [6.07, 6.45) is 6.39. The fourth-order valence-corrected chi connectivity index (χ4v) is 3.47. The molecular formula is C15H19NO. The zero-order valence-electron chi connectivity index (χ0n) is 10.2. The van der Waals surface area contributed by atoms with Crippen molar-refractivity contribution in [2.24, 2.45) is 0 Å². The van der Waals surface area contributed by atoms with Crippen molar-refractivity contribution in [1.82, 2.24) is 5.32 Å². The molecule has 1 spiro atoms. The number of hydrogen-bond acceptors (Lipinski definition) is 2. The number of carbonyl (C=O) groups excluding carboxylic acids is 1. The molecule has 3 rings (SSSR count). The lowest BCUT2D eigenvalue weighted by Crippen LogP contribution is -2.38. The summed E-state index contributed by atoms with van der Waals surface area (Å²) in [5, 5.41) is 3.35. The number of nitrogens with one attached hydrogen (secondary N) is 1. The maximum atomic E-state index is 12.1. The second-order valence-corrected chi connectivity index (χ2v) is 5.41. The average molecular weight is 229 g/mol.